The van der Waals surface area contributed by atoms with E-state index in [0.29, 0.717) is 24.3 Å². The molecule has 0 saturated heterocycles. The summed E-state index contributed by atoms with van der Waals surface area (Å²) in [6.45, 7) is 8.46. The van der Waals surface area contributed by atoms with Crippen LogP contribution in [0.25, 0.3) is 0 Å². The SMILES string of the molecule is CCCCOC(=O)c1ccc(C(=O)OC(C)(C)OCCCC)cc1. The second-order valence-electron chi connectivity index (χ2n) is 6.06. The maximum Gasteiger partial charge on any atom is 0.340 e. The topological polar surface area (TPSA) is 61.8 Å². The minimum Gasteiger partial charge on any atom is -0.462 e. The summed E-state index contributed by atoms with van der Waals surface area (Å²) in [7, 11) is 0. The molecule has 24 heavy (non-hydrogen) atoms. The summed E-state index contributed by atoms with van der Waals surface area (Å²) in [4.78, 5) is 24.0. The highest BCUT2D eigenvalue weighted by molar-refractivity contribution is 5.93. The molecule has 0 fully saturated rings. The summed E-state index contributed by atoms with van der Waals surface area (Å²) in [6, 6.07) is 6.24. The Balaban J connectivity index is 2.58. The Labute approximate surface area is 144 Å². The van der Waals surface area contributed by atoms with Gasteiger partial charge in [-0.05, 0) is 37.1 Å². The molecular weight excluding hydrogens is 308 g/mol. The van der Waals surface area contributed by atoms with Crippen molar-refractivity contribution in [2.24, 2.45) is 0 Å². The van der Waals surface area contributed by atoms with Crippen LogP contribution in [0, 0.1) is 0 Å². The first-order valence-corrected chi connectivity index (χ1v) is 8.54. The summed E-state index contributed by atoms with van der Waals surface area (Å²) in [5, 5.41) is 0. The van der Waals surface area contributed by atoms with Gasteiger partial charge in [0, 0.05) is 13.8 Å². The van der Waals surface area contributed by atoms with Gasteiger partial charge >= 0.3 is 11.9 Å². The number of unbranched alkanes of at least 4 members (excludes halogenated alkanes) is 2. The van der Waals surface area contributed by atoms with Crippen molar-refractivity contribution in [2.45, 2.75) is 59.2 Å². The zero-order valence-electron chi connectivity index (χ0n) is 15.1. The van der Waals surface area contributed by atoms with Crippen molar-refractivity contribution in [3.63, 3.8) is 0 Å². The van der Waals surface area contributed by atoms with Crippen LogP contribution in [0.15, 0.2) is 24.3 Å². The molecule has 0 aliphatic carbocycles. The molecule has 1 rings (SSSR count). The lowest BCUT2D eigenvalue weighted by Gasteiger charge is -2.25. The quantitative estimate of drug-likeness (QED) is 0.361. The van der Waals surface area contributed by atoms with Crippen LogP contribution in [0.5, 0.6) is 0 Å². The molecule has 5 heteroatoms. The number of benzene rings is 1. The van der Waals surface area contributed by atoms with E-state index in [0.717, 1.165) is 25.7 Å². The summed E-state index contributed by atoms with van der Waals surface area (Å²) >= 11 is 0. The molecule has 0 bridgehead atoms. The van der Waals surface area contributed by atoms with Gasteiger partial charge in [-0.3, -0.25) is 0 Å². The molecule has 0 radical (unpaired) electrons. The third-order valence-corrected chi connectivity index (χ3v) is 3.37. The molecule has 0 unspecified atom stereocenters. The Kier molecular flexibility index (Phi) is 8.47. The van der Waals surface area contributed by atoms with Gasteiger partial charge in [-0.25, -0.2) is 9.59 Å². The number of esters is 2. The fourth-order valence-electron chi connectivity index (χ4n) is 1.91. The van der Waals surface area contributed by atoms with E-state index in [1.807, 2.05) is 6.92 Å². The lowest BCUT2D eigenvalue weighted by Crippen LogP contribution is -2.31. The molecule has 0 saturated carbocycles. The van der Waals surface area contributed by atoms with Crippen molar-refractivity contribution < 1.29 is 23.8 Å². The van der Waals surface area contributed by atoms with Crippen LogP contribution >= 0.6 is 0 Å². The van der Waals surface area contributed by atoms with E-state index in [-0.39, 0.29) is 5.97 Å². The first-order valence-electron chi connectivity index (χ1n) is 8.54. The van der Waals surface area contributed by atoms with Gasteiger partial charge in [0.1, 0.15) is 0 Å². The molecule has 0 amide bonds. The Hall–Kier alpha value is -1.88. The number of carbonyl (C=O) groups excluding carboxylic acids is 2. The molecule has 1 aromatic carbocycles. The zero-order chi connectivity index (χ0) is 18.0. The van der Waals surface area contributed by atoms with Crippen LogP contribution in [0.1, 0.15) is 74.1 Å². The highest BCUT2D eigenvalue weighted by atomic mass is 16.7. The Bertz CT molecular complexity index is 519. The zero-order valence-corrected chi connectivity index (χ0v) is 15.1. The third kappa shape index (κ3) is 7.13. The monoisotopic (exact) mass is 336 g/mol. The van der Waals surface area contributed by atoms with Crippen molar-refractivity contribution in [1.29, 1.82) is 0 Å². The first-order chi connectivity index (χ1) is 11.4. The number of hydrogen-bond donors (Lipinski definition) is 0. The van der Waals surface area contributed by atoms with Crippen LogP contribution in [-0.2, 0) is 14.2 Å². The highest BCUT2D eigenvalue weighted by Crippen LogP contribution is 2.16. The van der Waals surface area contributed by atoms with Gasteiger partial charge in [-0.15, -0.1) is 0 Å². The summed E-state index contributed by atoms with van der Waals surface area (Å²) in [5.41, 5.74) is 0.786. The van der Waals surface area contributed by atoms with Crippen molar-refractivity contribution in [1.82, 2.24) is 0 Å². The van der Waals surface area contributed by atoms with E-state index in [9.17, 15) is 9.59 Å². The van der Waals surface area contributed by atoms with E-state index in [1.54, 1.807) is 38.1 Å². The minimum absolute atomic E-state index is 0.368. The number of ether oxygens (including phenoxy) is 3. The fraction of sp³-hybridized carbons (Fsp3) is 0.579. The third-order valence-electron chi connectivity index (χ3n) is 3.37. The number of carbonyl (C=O) groups is 2. The van der Waals surface area contributed by atoms with E-state index < -0.39 is 11.8 Å². The van der Waals surface area contributed by atoms with Gasteiger partial charge in [-0.1, -0.05) is 26.7 Å². The Morgan fingerprint density at radius 3 is 1.92 bits per heavy atom. The lowest BCUT2D eigenvalue weighted by atomic mass is 10.1. The minimum atomic E-state index is -0.982. The average molecular weight is 336 g/mol. The molecule has 0 heterocycles. The molecule has 134 valence electrons. The van der Waals surface area contributed by atoms with E-state index in [4.69, 9.17) is 14.2 Å². The second kappa shape index (κ2) is 10.1. The molecule has 5 nitrogen and oxygen atoms in total. The first kappa shape index (κ1) is 20.2. The molecule has 0 spiro atoms. The standard InChI is InChI=1S/C19H28O5/c1-5-7-13-22-17(20)15-9-11-16(12-10-15)18(21)24-19(3,4)23-14-8-6-2/h9-12H,5-8,13-14H2,1-4H3. The molecular formula is C19H28O5. The second-order valence-corrected chi connectivity index (χ2v) is 6.06. The lowest BCUT2D eigenvalue weighted by molar-refractivity contribution is -0.179. The van der Waals surface area contributed by atoms with Crippen LogP contribution in [0.2, 0.25) is 0 Å². The van der Waals surface area contributed by atoms with E-state index in [2.05, 4.69) is 6.92 Å². The van der Waals surface area contributed by atoms with Gasteiger partial charge in [0.05, 0.1) is 24.3 Å². The van der Waals surface area contributed by atoms with Crippen LogP contribution in [0.3, 0.4) is 0 Å². The van der Waals surface area contributed by atoms with Gasteiger partial charge in [0.15, 0.2) is 0 Å². The molecule has 0 aliphatic heterocycles. The highest BCUT2D eigenvalue weighted by Gasteiger charge is 2.24. The predicted molar refractivity (Wildman–Crippen MR) is 92.0 cm³/mol. The van der Waals surface area contributed by atoms with Gasteiger partial charge in [-0.2, -0.15) is 0 Å². The van der Waals surface area contributed by atoms with E-state index >= 15 is 0 Å². The summed E-state index contributed by atoms with van der Waals surface area (Å²) in [5.74, 6) is -1.85. The molecule has 0 aliphatic rings. The molecule has 1 aromatic rings. The largest absolute Gasteiger partial charge is 0.462 e. The van der Waals surface area contributed by atoms with E-state index in [1.165, 1.54) is 0 Å². The number of rotatable bonds is 10. The molecule has 0 aromatic heterocycles. The Morgan fingerprint density at radius 1 is 0.875 bits per heavy atom. The fourth-order valence-corrected chi connectivity index (χ4v) is 1.91. The van der Waals surface area contributed by atoms with Crippen molar-refractivity contribution in [3.05, 3.63) is 35.4 Å². The van der Waals surface area contributed by atoms with Crippen molar-refractivity contribution >= 4 is 11.9 Å². The van der Waals surface area contributed by atoms with Gasteiger partial charge < -0.3 is 14.2 Å². The smallest absolute Gasteiger partial charge is 0.340 e. The summed E-state index contributed by atoms with van der Waals surface area (Å²) in [6.07, 6.45) is 3.73. The van der Waals surface area contributed by atoms with Crippen molar-refractivity contribution in [2.75, 3.05) is 13.2 Å². The molecule has 0 atom stereocenters. The average Bonchev–Trinajstić information content (AvgIpc) is 2.54. The Morgan fingerprint density at radius 2 is 1.38 bits per heavy atom. The predicted octanol–water partition coefficient (Wildman–Crippen LogP) is 4.35. The molecule has 0 N–H and O–H groups in total. The van der Waals surface area contributed by atoms with Crippen LogP contribution in [-0.4, -0.2) is 30.9 Å². The van der Waals surface area contributed by atoms with Gasteiger partial charge in [0.25, 0.3) is 0 Å². The van der Waals surface area contributed by atoms with Crippen LogP contribution < -0.4 is 0 Å². The summed E-state index contributed by atoms with van der Waals surface area (Å²) < 4.78 is 16.1. The number of hydrogen-bond acceptors (Lipinski definition) is 5. The maximum atomic E-state index is 12.2. The van der Waals surface area contributed by atoms with Crippen LogP contribution in [0.4, 0.5) is 0 Å². The van der Waals surface area contributed by atoms with Crippen molar-refractivity contribution in [3.8, 4) is 0 Å². The normalized spacial score (nSPS) is 11.2. The maximum absolute atomic E-state index is 12.2. The van der Waals surface area contributed by atoms with Gasteiger partial charge in [0.2, 0.25) is 5.79 Å².